The molecule has 6 rings (SSSR count). The summed E-state index contributed by atoms with van der Waals surface area (Å²) in [6.45, 7) is 6.35. The maximum Gasteiger partial charge on any atom is 0.254 e. The van der Waals surface area contributed by atoms with Gasteiger partial charge in [-0.05, 0) is 37.8 Å². The number of ether oxygens (including phenoxy) is 2. The summed E-state index contributed by atoms with van der Waals surface area (Å²) in [4.78, 5) is 23.0. The molecule has 2 aromatic heterocycles. The Hall–Kier alpha value is -3.02. The molecule has 1 atom stereocenters. The average Bonchev–Trinajstić information content (AvgIpc) is 3.54. The molecule has 3 aliphatic rings. The molecule has 0 aliphatic carbocycles. The van der Waals surface area contributed by atoms with Crippen molar-refractivity contribution >= 4 is 27.2 Å². The van der Waals surface area contributed by atoms with Crippen LogP contribution in [0.1, 0.15) is 63.7 Å². The molecule has 0 N–H and O–H groups in total. The molecular formula is C27H33N5O5S. The number of piperidine rings is 1. The number of likely N-dealkylation sites (tertiary alicyclic amines) is 1. The summed E-state index contributed by atoms with van der Waals surface area (Å²) in [5.74, 6) is 0.688. The number of carbonyl (C=O) groups excluding carboxylic acids is 1. The first-order valence-electron chi connectivity index (χ1n) is 13.2. The minimum atomic E-state index is -3.30. The standard InChI is InChI=1S/C27H33N5O5S/c1-18-6-7-19(17-38(2,34)35)20(13-18)27(33)31-8-4-3-5-24(31)22-14-25-28-23-16-37-15-21(23)26(32(25)29-22)30-9-11-36-12-10-30/h6-7,13-14,24H,3-5,8-12,15-17H2,1-2H3. The molecule has 1 amide bonds. The summed E-state index contributed by atoms with van der Waals surface area (Å²) < 4.78 is 37.4. The minimum absolute atomic E-state index is 0.147. The molecule has 5 heterocycles. The smallest absolute Gasteiger partial charge is 0.254 e. The molecule has 0 spiro atoms. The second-order valence-corrected chi connectivity index (χ2v) is 12.7. The summed E-state index contributed by atoms with van der Waals surface area (Å²) in [7, 11) is -3.30. The number of fused-ring (bicyclic) bond motifs is 2. The van der Waals surface area contributed by atoms with Crippen LogP contribution in [-0.4, -0.2) is 72.9 Å². The Morgan fingerprint density at radius 2 is 1.89 bits per heavy atom. The van der Waals surface area contributed by atoms with E-state index in [1.165, 1.54) is 6.26 Å². The van der Waals surface area contributed by atoms with Crippen LogP contribution in [-0.2, 0) is 38.3 Å². The van der Waals surface area contributed by atoms with E-state index < -0.39 is 9.84 Å². The number of sulfone groups is 1. The van der Waals surface area contributed by atoms with E-state index in [0.717, 1.165) is 66.3 Å². The molecular weight excluding hydrogens is 506 g/mol. The third-order valence-corrected chi connectivity index (χ3v) is 8.43. The lowest BCUT2D eigenvalue weighted by molar-refractivity contribution is 0.0604. The zero-order valence-corrected chi connectivity index (χ0v) is 22.7. The molecule has 11 heteroatoms. The van der Waals surface area contributed by atoms with Gasteiger partial charge in [0.1, 0.15) is 5.82 Å². The van der Waals surface area contributed by atoms with Crippen molar-refractivity contribution in [1.82, 2.24) is 19.5 Å². The number of morpholine rings is 1. The van der Waals surface area contributed by atoms with Gasteiger partial charge >= 0.3 is 0 Å². The van der Waals surface area contributed by atoms with Crippen molar-refractivity contribution in [2.45, 2.75) is 51.2 Å². The van der Waals surface area contributed by atoms with Crippen LogP contribution in [0.15, 0.2) is 24.3 Å². The quantitative estimate of drug-likeness (QED) is 0.487. The van der Waals surface area contributed by atoms with Crippen LogP contribution in [0.25, 0.3) is 5.65 Å². The summed E-state index contributed by atoms with van der Waals surface area (Å²) in [6, 6.07) is 7.20. The summed E-state index contributed by atoms with van der Waals surface area (Å²) >= 11 is 0. The Balaban J connectivity index is 1.40. The molecule has 2 saturated heterocycles. The second kappa shape index (κ2) is 9.94. The third kappa shape index (κ3) is 4.78. The first-order valence-corrected chi connectivity index (χ1v) is 15.2. The predicted molar refractivity (Wildman–Crippen MR) is 142 cm³/mol. The summed E-state index contributed by atoms with van der Waals surface area (Å²) in [5.41, 5.74) is 5.47. The molecule has 1 aromatic carbocycles. The van der Waals surface area contributed by atoms with Crippen LogP contribution in [0.3, 0.4) is 0 Å². The van der Waals surface area contributed by atoms with Crippen molar-refractivity contribution in [3.05, 3.63) is 57.9 Å². The lowest BCUT2D eigenvalue weighted by atomic mass is 9.96. The molecule has 0 bridgehead atoms. The largest absolute Gasteiger partial charge is 0.378 e. The Bertz CT molecular complexity index is 1500. The van der Waals surface area contributed by atoms with Gasteiger partial charge in [0.15, 0.2) is 15.5 Å². The number of aryl methyl sites for hydroxylation is 1. The SMILES string of the molecule is Cc1ccc(CS(C)(=O)=O)c(C(=O)N2CCCCC2c2cc3nc4c(c(N5CCOCC5)n3n2)COC4)c1. The van der Waals surface area contributed by atoms with Gasteiger partial charge in [-0.15, -0.1) is 0 Å². The third-order valence-electron chi connectivity index (χ3n) is 7.59. The first kappa shape index (κ1) is 25.3. The van der Waals surface area contributed by atoms with Crippen LogP contribution < -0.4 is 4.90 Å². The number of carbonyl (C=O) groups is 1. The molecule has 202 valence electrons. The molecule has 38 heavy (non-hydrogen) atoms. The maximum absolute atomic E-state index is 14.0. The second-order valence-electron chi connectivity index (χ2n) is 10.5. The molecule has 10 nitrogen and oxygen atoms in total. The van der Waals surface area contributed by atoms with E-state index in [0.29, 0.717) is 44.1 Å². The van der Waals surface area contributed by atoms with Gasteiger partial charge in [-0.1, -0.05) is 17.7 Å². The van der Waals surface area contributed by atoms with Gasteiger partial charge < -0.3 is 19.3 Å². The number of aromatic nitrogens is 3. The van der Waals surface area contributed by atoms with Gasteiger partial charge in [0.05, 0.1) is 49.6 Å². The summed E-state index contributed by atoms with van der Waals surface area (Å²) in [6.07, 6.45) is 3.87. The highest BCUT2D eigenvalue weighted by molar-refractivity contribution is 7.89. The zero-order valence-electron chi connectivity index (χ0n) is 21.9. The van der Waals surface area contributed by atoms with Crippen molar-refractivity contribution in [2.75, 3.05) is 44.0 Å². The molecule has 1 unspecified atom stereocenters. The fraction of sp³-hybridized carbons (Fsp3) is 0.519. The molecule has 0 radical (unpaired) electrons. The fourth-order valence-corrected chi connectivity index (χ4v) is 6.62. The predicted octanol–water partition coefficient (Wildman–Crippen LogP) is 2.82. The lowest BCUT2D eigenvalue weighted by Crippen LogP contribution is -2.39. The van der Waals surface area contributed by atoms with Crippen LogP contribution in [0.4, 0.5) is 5.82 Å². The highest BCUT2D eigenvalue weighted by Gasteiger charge is 2.33. The fourth-order valence-electron chi connectivity index (χ4n) is 5.80. The van der Waals surface area contributed by atoms with Crippen molar-refractivity contribution in [2.24, 2.45) is 0 Å². The number of hydrogen-bond donors (Lipinski definition) is 0. The van der Waals surface area contributed by atoms with Crippen molar-refractivity contribution < 1.29 is 22.7 Å². The highest BCUT2D eigenvalue weighted by atomic mass is 32.2. The van der Waals surface area contributed by atoms with Crippen LogP contribution in [0.5, 0.6) is 0 Å². The Morgan fingerprint density at radius 3 is 2.68 bits per heavy atom. The topological polar surface area (TPSA) is 106 Å². The Labute approximate surface area is 222 Å². The van der Waals surface area contributed by atoms with Gasteiger partial charge in [-0.3, -0.25) is 4.79 Å². The Morgan fingerprint density at radius 1 is 1.08 bits per heavy atom. The van der Waals surface area contributed by atoms with Gasteiger partial charge in [0.2, 0.25) is 0 Å². The van der Waals surface area contributed by atoms with E-state index in [1.807, 2.05) is 28.5 Å². The van der Waals surface area contributed by atoms with E-state index in [-0.39, 0.29) is 17.7 Å². The first-order chi connectivity index (χ1) is 18.3. The molecule has 3 aliphatic heterocycles. The number of benzene rings is 1. The highest BCUT2D eigenvalue weighted by Crippen LogP contribution is 2.36. The number of anilines is 1. The molecule has 3 aromatic rings. The van der Waals surface area contributed by atoms with Crippen molar-refractivity contribution in [1.29, 1.82) is 0 Å². The van der Waals surface area contributed by atoms with E-state index >= 15 is 0 Å². The van der Waals surface area contributed by atoms with Gasteiger partial charge in [0, 0.05) is 43.1 Å². The van der Waals surface area contributed by atoms with Gasteiger partial charge in [-0.25, -0.2) is 13.4 Å². The minimum Gasteiger partial charge on any atom is -0.378 e. The van der Waals surface area contributed by atoms with E-state index in [1.54, 1.807) is 12.1 Å². The van der Waals surface area contributed by atoms with Crippen LogP contribution in [0, 0.1) is 6.92 Å². The van der Waals surface area contributed by atoms with E-state index in [4.69, 9.17) is 19.6 Å². The number of amides is 1. The lowest BCUT2D eigenvalue weighted by Gasteiger charge is -2.35. The number of hydrogen-bond acceptors (Lipinski definition) is 8. The van der Waals surface area contributed by atoms with Crippen LogP contribution >= 0.6 is 0 Å². The number of rotatable bonds is 5. The van der Waals surface area contributed by atoms with Crippen molar-refractivity contribution in [3.63, 3.8) is 0 Å². The van der Waals surface area contributed by atoms with Gasteiger partial charge in [0.25, 0.3) is 5.91 Å². The number of nitrogens with zero attached hydrogens (tertiary/aromatic N) is 5. The van der Waals surface area contributed by atoms with E-state index in [9.17, 15) is 13.2 Å². The summed E-state index contributed by atoms with van der Waals surface area (Å²) in [5, 5.41) is 5.04. The van der Waals surface area contributed by atoms with Gasteiger partial charge in [-0.2, -0.15) is 9.61 Å². The Kier molecular flexibility index (Phi) is 6.61. The normalized spacial score (nSPS) is 20.2. The van der Waals surface area contributed by atoms with Crippen molar-refractivity contribution in [3.8, 4) is 0 Å². The van der Waals surface area contributed by atoms with E-state index in [2.05, 4.69) is 4.90 Å². The molecule has 0 saturated carbocycles. The van der Waals surface area contributed by atoms with Crippen LogP contribution in [0.2, 0.25) is 0 Å². The maximum atomic E-state index is 14.0. The molecule has 2 fully saturated rings. The monoisotopic (exact) mass is 539 g/mol. The average molecular weight is 540 g/mol. The zero-order chi connectivity index (χ0) is 26.4.